The van der Waals surface area contributed by atoms with Crippen LogP contribution in [0.5, 0.6) is 0 Å². The van der Waals surface area contributed by atoms with Crippen molar-refractivity contribution in [3.63, 3.8) is 0 Å². The Morgan fingerprint density at radius 2 is 1.71 bits per heavy atom. The molecule has 1 aliphatic rings. The lowest BCUT2D eigenvalue weighted by molar-refractivity contribution is -0.240. The van der Waals surface area contributed by atoms with E-state index in [0.717, 1.165) is 0 Å². The van der Waals surface area contributed by atoms with Crippen molar-refractivity contribution in [2.24, 2.45) is 5.92 Å². The largest absolute Gasteiger partial charge is 0.422 e. The highest BCUT2D eigenvalue weighted by atomic mass is 16.7. The minimum absolute atomic E-state index is 0.159. The van der Waals surface area contributed by atoms with Gasteiger partial charge in [-0.2, -0.15) is 0 Å². The summed E-state index contributed by atoms with van der Waals surface area (Å²) in [5, 5.41) is 0. The maximum Gasteiger partial charge on any atom is 0.324 e. The standard InChI is InChI=1S/C9H12O5/c1-5(10)4-6-7(11)13-9(2,3)14-8(6)12/h6H,4H2,1-3H3. The van der Waals surface area contributed by atoms with Crippen molar-refractivity contribution in [1.82, 2.24) is 0 Å². The number of esters is 2. The van der Waals surface area contributed by atoms with E-state index in [1.165, 1.54) is 20.8 Å². The highest BCUT2D eigenvalue weighted by molar-refractivity contribution is 6.00. The van der Waals surface area contributed by atoms with Gasteiger partial charge in [0.2, 0.25) is 0 Å². The molecule has 1 heterocycles. The van der Waals surface area contributed by atoms with Gasteiger partial charge in [0.15, 0.2) is 5.92 Å². The molecular formula is C9H12O5. The minimum atomic E-state index is -1.22. The average Bonchev–Trinajstić information content (AvgIpc) is 1.94. The summed E-state index contributed by atoms with van der Waals surface area (Å²) in [6, 6.07) is 0. The van der Waals surface area contributed by atoms with Gasteiger partial charge in [0.05, 0.1) is 0 Å². The normalized spacial score (nSPS) is 21.4. The van der Waals surface area contributed by atoms with Crippen LogP contribution in [-0.2, 0) is 23.9 Å². The molecule has 0 aromatic carbocycles. The Kier molecular flexibility index (Phi) is 2.59. The average molecular weight is 200 g/mol. The predicted octanol–water partition coefficient (Wildman–Crippen LogP) is 0.418. The highest BCUT2D eigenvalue weighted by Gasteiger charge is 2.43. The van der Waals surface area contributed by atoms with E-state index in [1.807, 2.05) is 0 Å². The molecular weight excluding hydrogens is 188 g/mol. The van der Waals surface area contributed by atoms with Gasteiger partial charge in [-0.15, -0.1) is 0 Å². The summed E-state index contributed by atoms with van der Waals surface area (Å²) in [4.78, 5) is 33.3. The van der Waals surface area contributed by atoms with Crippen LogP contribution in [0.1, 0.15) is 27.2 Å². The highest BCUT2D eigenvalue weighted by Crippen LogP contribution is 2.24. The summed E-state index contributed by atoms with van der Waals surface area (Å²) < 4.78 is 9.65. The molecule has 14 heavy (non-hydrogen) atoms. The summed E-state index contributed by atoms with van der Waals surface area (Å²) in [6.45, 7) is 4.24. The molecule has 0 unspecified atom stereocenters. The first-order valence-electron chi connectivity index (χ1n) is 4.27. The van der Waals surface area contributed by atoms with Crippen LogP contribution in [0.4, 0.5) is 0 Å². The molecule has 0 atom stereocenters. The molecule has 1 aliphatic heterocycles. The summed E-state index contributed by atoms with van der Waals surface area (Å²) in [5.41, 5.74) is 0. The SMILES string of the molecule is CC(=O)CC1C(=O)OC(C)(C)OC1=O. The van der Waals surface area contributed by atoms with Crippen LogP contribution in [-0.4, -0.2) is 23.5 Å². The second-order valence-electron chi connectivity index (χ2n) is 3.70. The lowest BCUT2D eigenvalue weighted by Gasteiger charge is -2.32. The first-order chi connectivity index (χ1) is 6.32. The first kappa shape index (κ1) is 10.7. The molecule has 1 rings (SSSR count). The molecule has 0 aliphatic carbocycles. The number of carbonyl (C=O) groups excluding carboxylic acids is 3. The van der Waals surface area contributed by atoms with E-state index >= 15 is 0 Å². The van der Waals surface area contributed by atoms with Crippen LogP contribution in [0.3, 0.4) is 0 Å². The minimum Gasteiger partial charge on any atom is -0.422 e. The van der Waals surface area contributed by atoms with E-state index in [-0.39, 0.29) is 12.2 Å². The zero-order valence-corrected chi connectivity index (χ0v) is 8.33. The van der Waals surface area contributed by atoms with Gasteiger partial charge in [0.25, 0.3) is 5.79 Å². The van der Waals surface area contributed by atoms with Crippen molar-refractivity contribution >= 4 is 17.7 Å². The summed E-state index contributed by atoms with van der Waals surface area (Å²) in [6.07, 6.45) is -0.159. The summed E-state index contributed by atoms with van der Waals surface area (Å²) >= 11 is 0. The van der Waals surface area contributed by atoms with E-state index in [0.29, 0.717) is 0 Å². The second-order valence-corrected chi connectivity index (χ2v) is 3.70. The second kappa shape index (κ2) is 3.40. The number of cyclic esters (lactones) is 2. The van der Waals surface area contributed by atoms with Gasteiger partial charge >= 0.3 is 11.9 Å². The maximum absolute atomic E-state index is 11.3. The van der Waals surface area contributed by atoms with E-state index in [9.17, 15) is 14.4 Å². The van der Waals surface area contributed by atoms with Crippen LogP contribution in [0.15, 0.2) is 0 Å². The zero-order chi connectivity index (χ0) is 10.9. The number of Topliss-reactive ketones (excluding diaryl/α,β-unsaturated/α-hetero) is 1. The van der Waals surface area contributed by atoms with Gasteiger partial charge in [0, 0.05) is 20.3 Å². The van der Waals surface area contributed by atoms with Gasteiger partial charge in [-0.25, -0.2) is 0 Å². The van der Waals surface area contributed by atoms with Crippen LogP contribution in [0, 0.1) is 5.92 Å². The van der Waals surface area contributed by atoms with Crippen LogP contribution < -0.4 is 0 Å². The maximum atomic E-state index is 11.3. The van der Waals surface area contributed by atoms with E-state index < -0.39 is 23.6 Å². The molecule has 78 valence electrons. The molecule has 1 fully saturated rings. The summed E-state index contributed by atoms with van der Waals surface area (Å²) in [7, 11) is 0. The number of hydrogen-bond donors (Lipinski definition) is 0. The lowest BCUT2D eigenvalue weighted by Crippen LogP contribution is -2.46. The Morgan fingerprint density at radius 1 is 1.29 bits per heavy atom. The number of carbonyl (C=O) groups is 3. The molecule has 0 aromatic rings. The molecule has 0 radical (unpaired) electrons. The predicted molar refractivity (Wildman–Crippen MR) is 45.1 cm³/mol. The Bertz CT molecular complexity index is 272. The van der Waals surface area contributed by atoms with Gasteiger partial charge < -0.3 is 9.47 Å². The van der Waals surface area contributed by atoms with Crippen molar-refractivity contribution in [2.45, 2.75) is 33.0 Å². The van der Waals surface area contributed by atoms with Gasteiger partial charge in [-0.1, -0.05) is 0 Å². The topological polar surface area (TPSA) is 69.7 Å². The zero-order valence-electron chi connectivity index (χ0n) is 8.33. The van der Waals surface area contributed by atoms with Crippen molar-refractivity contribution < 1.29 is 23.9 Å². The fourth-order valence-corrected chi connectivity index (χ4v) is 1.20. The van der Waals surface area contributed by atoms with E-state index in [4.69, 9.17) is 9.47 Å². The molecule has 1 saturated heterocycles. The quantitative estimate of drug-likeness (QED) is 0.477. The van der Waals surface area contributed by atoms with Gasteiger partial charge in [0.1, 0.15) is 5.78 Å². The monoisotopic (exact) mass is 200 g/mol. The molecule has 0 amide bonds. The molecule has 0 aromatic heterocycles. The van der Waals surface area contributed by atoms with Gasteiger partial charge in [-0.05, 0) is 6.92 Å². The Morgan fingerprint density at radius 3 is 2.07 bits per heavy atom. The molecule has 0 N–H and O–H groups in total. The molecule has 0 saturated carbocycles. The van der Waals surface area contributed by atoms with E-state index in [1.54, 1.807) is 0 Å². The number of hydrogen-bond acceptors (Lipinski definition) is 5. The Labute approximate surface area is 81.4 Å². The Hall–Kier alpha value is -1.39. The van der Waals surface area contributed by atoms with Crippen molar-refractivity contribution in [2.75, 3.05) is 0 Å². The lowest BCUT2D eigenvalue weighted by atomic mass is 10.0. The third-order valence-electron chi connectivity index (χ3n) is 1.75. The fraction of sp³-hybridized carbons (Fsp3) is 0.667. The van der Waals surface area contributed by atoms with Crippen LogP contribution in [0.2, 0.25) is 0 Å². The van der Waals surface area contributed by atoms with Crippen molar-refractivity contribution in [1.29, 1.82) is 0 Å². The fourth-order valence-electron chi connectivity index (χ4n) is 1.20. The first-order valence-corrected chi connectivity index (χ1v) is 4.27. The molecule has 5 heteroatoms. The summed E-state index contributed by atoms with van der Waals surface area (Å²) in [5.74, 6) is -3.95. The van der Waals surface area contributed by atoms with Crippen molar-refractivity contribution in [3.05, 3.63) is 0 Å². The third-order valence-corrected chi connectivity index (χ3v) is 1.75. The number of ether oxygens (including phenoxy) is 2. The number of ketones is 1. The Balaban J connectivity index is 2.76. The smallest absolute Gasteiger partial charge is 0.324 e. The molecule has 0 spiro atoms. The van der Waals surface area contributed by atoms with E-state index in [2.05, 4.69) is 0 Å². The van der Waals surface area contributed by atoms with Gasteiger partial charge in [-0.3, -0.25) is 14.4 Å². The molecule has 5 nitrogen and oxygen atoms in total. The third kappa shape index (κ3) is 2.31. The van der Waals surface area contributed by atoms with Crippen LogP contribution >= 0.6 is 0 Å². The number of rotatable bonds is 2. The van der Waals surface area contributed by atoms with Crippen molar-refractivity contribution in [3.8, 4) is 0 Å². The molecule has 0 bridgehead atoms. The van der Waals surface area contributed by atoms with Crippen LogP contribution in [0.25, 0.3) is 0 Å².